The quantitative estimate of drug-likeness (QED) is 0.799. The fraction of sp³-hybridized carbons (Fsp3) is 0.375. The van der Waals surface area contributed by atoms with Crippen molar-refractivity contribution in [2.24, 2.45) is 0 Å². The first-order chi connectivity index (χ1) is 10.9. The largest absolute Gasteiger partial charge is 0.503 e. The predicted octanol–water partition coefficient (Wildman–Crippen LogP) is 1.10. The minimum atomic E-state index is -0.363. The van der Waals surface area contributed by atoms with Crippen molar-refractivity contribution < 1.29 is 26.2 Å². The van der Waals surface area contributed by atoms with E-state index in [1.54, 1.807) is 23.0 Å². The van der Waals surface area contributed by atoms with Gasteiger partial charge in [-0.1, -0.05) is 0 Å². The second-order valence-electron chi connectivity index (χ2n) is 4.84. The van der Waals surface area contributed by atoms with E-state index in [9.17, 15) is 14.7 Å². The van der Waals surface area contributed by atoms with Crippen molar-refractivity contribution in [3.8, 4) is 11.5 Å². The molecule has 0 atom stereocenters. The molecule has 2 aromatic rings. The topological polar surface area (TPSA) is 84.5 Å². The maximum absolute atomic E-state index is 11.0. The van der Waals surface area contributed by atoms with Crippen LogP contribution in [0.1, 0.15) is 26.7 Å². The van der Waals surface area contributed by atoms with Gasteiger partial charge in [-0.3, -0.25) is 4.79 Å². The molecule has 0 bridgehead atoms. The monoisotopic (exact) mass is 361 g/mol. The zero-order chi connectivity index (χ0) is 17.4. The normalized spacial score (nSPS) is 10.0. The maximum atomic E-state index is 11.0. The first-order valence-corrected chi connectivity index (χ1v) is 7.92. The SMILES string of the molecule is CCCCn1ccc(=O)c(O)[c]1[Fe].CCn1cccc(O)c1=O. The van der Waals surface area contributed by atoms with Crippen molar-refractivity contribution in [3.05, 3.63) is 51.2 Å². The number of nitrogens with zero attached hydrogens (tertiary/aromatic N) is 2. The van der Waals surface area contributed by atoms with Gasteiger partial charge in [0.1, 0.15) is 0 Å². The fourth-order valence-electron chi connectivity index (χ4n) is 1.81. The number of aryl methyl sites for hydroxylation is 2. The van der Waals surface area contributed by atoms with Gasteiger partial charge in [0, 0.05) is 12.7 Å². The predicted molar refractivity (Wildman–Crippen MR) is 84.9 cm³/mol. The molecule has 2 N–H and O–H groups in total. The number of hydrogen-bond donors (Lipinski definition) is 2. The Kier molecular flexibility index (Phi) is 7.65. The van der Waals surface area contributed by atoms with Crippen LogP contribution in [0.4, 0.5) is 0 Å². The third-order valence-corrected chi connectivity index (χ3v) is 3.75. The molecule has 0 fully saturated rings. The third kappa shape index (κ3) is 5.30. The second kappa shape index (κ2) is 9.22. The van der Waals surface area contributed by atoms with Crippen molar-refractivity contribution in [1.82, 2.24) is 9.13 Å². The summed E-state index contributed by atoms with van der Waals surface area (Å²) < 4.78 is 3.64. The van der Waals surface area contributed by atoms with Crippen LogP contribution in [0.15, 0.2) is 40.2 Å². The summed E-state index contributed by atoms with van der Waals surface area (Å²) in [5.41, 5.74) is -0.692. The smallest absolute Gasteiger partial charge is 0.292 e. The van der Waals surface area contributed by atoms with Crippen LogP contribution in [0.3, 0.4) is 0 Å². The molecule has 0 radical (unpaired) electrons. The van der Waals surface area contributed by atoms with E-state index in [1.807, 2.05) is 6.92 Å². The average molecular weight is 361 g/mol. The van der Waals surface area contributed by atoms with E-state index >= 15 is 0 Å². The molecule has 6 nitrogen and oxygen atoms in total. The Labute approximate surface area is 142 Å². The first kappa shape index (κ1) is 19.1. The minimum absolute atomic E-state index is 0.190. The molecule has 0 spiro atoms. The van der Waals surface area contributed by atoms with Gasteiger partial charge in [-0.2, -0.15) is 0 Å². The van der Waals surface area contributed by atoms with E-state index in [4.69, 9.17) is 5.11 Å². The van der Waals surface area contributed by atoms with Crippen molar-refractivity contribution in [1.29, 1.82) is 0 Å². The van der Waals surface area contributed by atoms with E-state index < -0.39 is 0 Å². The summed E-state index contributed by atoms with van der Waals surface area (Å²) in [5.74, 6) is -0.428. The molecule has 0 aliphatic rings. The van der Waals surface area contributed by atoms with Crippen LogP contribution in [-0.4, -0.2) is 19.3 Å². The summed E-state index contributed by atoms with van der Waals surface area (Å²) in [5, 5.41) is 18.2. The molecular formula is C16H21FeN2O4. The van der Waals surface area contributed by atoms with Crippen LogP contribution < -0.4 is 15.6 Å². The van der Waals surface area contributed by atoms with Crippen molar-refractivity contribution in [3.63, 3.8) is 0 Å². The van der Waals surface area contributed by atoms with Crippen LogP contribution in [0.5, 0.6) is 11.5 Å². The van der Waals surface area contributed by atoms with Gasteiger partial charge in [0.25, 0.3) is 5.56 Å². The van der Waals surface area contributed by atoms with E-state index in [2.05, 4.69) is 22.9 Å². The number of rotatable bonds is 4. The Hall–Kier alpha value is -1.98. The Morgan fingerprint density at radius 1 is 1.09 bits per heavy atom. The van der Waals surface area contributed by atoms with Gasteiger partial charge in [-0.15, -0.1) is 0 Å². The summed E-state index contributed by atoms with van der Waals surface area (Å²) in [6, 6.07) is 4.38. The van der Waals surface area contributed by atoms with E-state index in [1.165, 1.54) is 16.7 Å². The van der Waals surface area contributed by atoms with Gasteiger partial charge < -0.3 is 9.67 Å². The Bertz CT molecular complexity index is 752. The summed E-state index contributed by atoms with van der Waals surface area (Å²) in [6.07, 6.45) is 5.40. The zero-order valence-corrected chi connectivity index (χ0v) is 14.3. The number of unbranched alkanes of at least 4 members (excludes halogenated alkanes) is 1. The molecular weight excluding hydrogens is 340 g/mol. The summed E-state index contributed by atoms with van der Waals surface area (Å²) >= 11 is 3.65. The molecule has 2 aromatic heterocycles. The second-order valence-corrected chi connectivity index (χ2v) is 5.36. The van der Waals surface area contributed by atoms with Crippen molar-refractivity contribution in [2.75, 3.05) is 0 Å². The minimum Gasteiger partial charge on any atom is -0.503 e. The van der Waals surface area contributed by atoms with Crippen molar-refractivity contribution >= 4 is 4.59 Å². The molecule has 0 aliphatic heterocycles. The number of aromatic hydroxyl groups is 2. The Morgan fingerprint density at radius 3 is 2.35 bits per heavy atom. The van der Waals surface area contributed by atoms with E-state index in [0.717, 1.165) is 19.4 Å². The maximum Gasteiger partial charge on any atom is 0.292 e. The van der Waals surface area contributed by atoms with Crippen LogP contribution in [0.25, 0.3) is 0 Å². The van der Waals surface area contributed by atoms with E-state index in [-0.39, 0.29) is 22.5 Å². The van der Waals surface area contributed by atoms with Crippen molar-refractivity contribution in [2.45, 2.75) is 39.8 Å². The summed E-state index contributed by atoms with van der Waals surface area (Å²) in [4.78, 5) is 21.9. The van der Waals surface area contributed by atoms with Gasteiger partial charge >= 0.3 is 84.8 Å². The standard InChI is InChI=1S/C9H12NO2.C7H9NO2.Fe/c1-2-3-5-10-6-4-8(11)9(12)7-10;1-2-8-5-3-4-6(9)7(8)10;/h4,6,12H,2-3,5H2,1H3;3-5,9H,2H2,1H3;. The molecule has 0 aromatic carbocycles. The molecule has 0 saturated heterocycles. The molecule has 2 heterocycles. The number of pyridine rings is 2. The molecule has 2 rings (SSSR count). The first-order valence-electron chi connectivity index (χ1n) is 7.37. The van der Waals surface area contributed by atoms with Crippen LogP contribution in [-0.2, 0) is 29.1 Å². The van der Waals surface area contributed by atoms with Gasteiger partial charge in [-0.25, -0.2) is 0 Å². The van der Waals surface area contributed by atoms with Gasteiger partial charge in [0.2, 0.25) is 0 Å². The van der Waals surface area contributed by atoms with Crippen LogP contribution in [0.2, 0.25) is 0 Å². The molecule has 23 heavy (non-hydrogen) atoms. The molecule has 7 heteroatoms. The van der Waals surface area contributed by atoms with Crippen LogP contribution in [0, 0.1) is 0 Å². The van der Waals surface area contributed by atoms with Gasteiger partial charge in [0.05, 0.1) is 0 Å². The molecule has 0 amide bonds. The zero-order valence-electron chi connectivity index (χ0n) is 13.2. The number of hydrogen-bond acceptors (Lipinski definition) is 4. The third-order valence-electron chi connectivity index (χ3n) is 3.17. The van der Waals surface area contributed by atoms with E-state index in [0.29, 0.717) is 11.1 Å². The van der Waals surface area contributed by atoms with Gasteiger partial charge in [-0.05, 0) is 19.1 Å². The van der Waals surface area contributed by atoms with Gasteiger partial charge in [0.15, 0.2) is 5.75 Å². The Morgan fingerprint density at radius 2 is 1.78 bits per heavy atom. The van der Waals surface area contributed by atoms with Crippen LogP contribution >= 0.6 is 0 Å². The average Bonchev–Trinajstić information content (AvgIpc) is 2.55. The molecule has 0 unspecified atom stereocenters. The fourth-order valence-corrected chi connectivity index (χ4v) is 2.15. The molecule has 0 saturated carbocycles. The molecule has 0 aliphatic carbocycles. The molecule has 127 valence electrons. The number of aromatic nitrogens is 2. The summed E-state index contributed by atoms with van der Waals surface area (Å²) in [6.45, 7) is 5.32. The Balaban J connectivity index is 0.000000238. The summed E-state index contributed by atoms with van der Waals surface area (Å²) in [7, 11) is 0.